The fourth-order valence-electron chi connectivity index (χ4n) is 10.7. The molecule has 0 fully saturated rings. The van der Waals surface area contributed by atoms with Gasteiger partial charge in [0.15, 0.2) is 0 Å². The molecule has 0 aliphatic heterocycles. The van der Waals surface area contributed by atoms with Crippen molar-refractivity contribution in [3.05, 3.63) is 197 Å². The highest BCUT2D eigenvalue weighted by molar-refractivity contribution is 7.27. The van der Waals surface area contributed by atoms with Crippen LogP contribution in [0.4, 0.5) is 17.1 Å². The number of aromatic nitrogens is 2. The molecule has 7 aromatic carbocycles. The maximum absolute atomic E-state index is 6.45. The zero-order chi connectivity index (χ0) is 37.7. The normalized spacial score (nSPS) is 13.9. The molecule has 0 saturated carbocycles. The Morgan fingerprint density at radius 1 is 0.483 bits per heavy atom. The molecule has 268 valence electrons. The van der Waals surface area contributed by atoms with Crippen LogP contribution in [0.5, 0.6) is 0 Å². The van der Waals surface area contributed by atoms with Crippen LogP contribution in [0.15, 0.2) is 168 Å². The number of hydrogen-bond acceptors (Lipinski definition) is 5. The van der Waals surface area contributed by atoms with Crippen LogP contribution in [0.3, 0.4) is 0 Å². The molecule has 0 saturated heterocycles. The Hall–Kier alpha value is -7.34. The first-order valence-corrected chi connectivity index (χ1v) is 20.5. The maximum Gasteiger partial charge on any atom is 0.137 e. The van der Waals surface area contributed by atoms with Gasteiger partial charge in [-0.25, -0.2) is 0 Å². The third-order valence-electron chi connectivity index (χ3n) is 12.9. The molecule has 0 atom stereocenters. The first-order chi connectivity index (χ1) is 28.8. The lowest BCUT2D eigenvalue weighted by Gasteiger charge is -2.40. The van der Waals surface area contributed by atoms with Crippen molar-refractivity contribution in [2.45, 2.75) is 5.41 Å². The number of thiophene rings is 1. The summed E-state index contributed by atoms with van der Waals surface area (Å²) in [5, 5.41) is 7.41. The molecular formula is C53H29N3OS. The molecule has 5 heteroatoms. The Bertz CT molecular complexity index is 3590. The Morgan fingerprint density at radius 3 is 2.00 bits per heavy atom. The summed E-state index contributed by atoms with van der Waals surface area (Å²) in [4.78, 5) is 12.4. The van der Waals surface area contributed by atoms with Gasteiger partial charge >= 0.3 is 0 Å². The Morgan fingerprint density at radius 2 is 1.17 bits per heavy atom. The monoisotopic (exact) mass is 755 g/mol. The second kappa shape index (κ2) is 10.9. The Kier molecular flexibility index (Phi) is 5.82. The van der Waals surface area contributed by atoms with E-state index >= 15 is 0 Å². The van der Waals surface area contributed by atoms with Crippen molar-refractivity contribution in [2.24, 2.45) is 0 Å². The van der Waals surface area contributed by atoms with Gasteiger partial charge in [0.05, 0.1) is 27.2 Å². The van der Waals surface area contributed by atoms with E-state index in [-0.39, 0.29) is 0 Å². The quantitative estimate of drug-likeness (QED) is 0.180. The molecule has 0 amide bonds. The first kappa shape index (κ1) is 30.8. The molecular weight excluding hydrogens is 727 g/mol. The number of rotatable bonds is 3. The number of benzene rings is 7. The van der Waals surface area contributed by atoms with E-state index in [0.717, 1.165) is 50.4 Å². The van der Waals surface area contributed by atoms with E-state index < -0.39 is 5.41 Å². The van der Waals surface area contributed by atoms with Gasteiger partial charge in [-0.05, 0) is 98.2 Å². The second-order valence-electron chi connectivity index (χ2n) is 15.6. The van der Waals surface area contributed by atoms with Crippen molar-refractivity contribution in [3.8, 4) is 22.5 Å². The van der Waals surface area contributed by atoms with E-state index in [1.807, 2.05) is 35.9 Å². The van der Waals surface area contributed by atoms with Crippen LogP contribution in [-0.4, -0.2) is 9.97 Å². The standard InChI is InChI=1S/C53H29N3OS/c1-2-9-32(10-3-1)56(33-21-23-35-34-11-4-5-16-44(34)57-45(35)29-33)43-15-6-12-36-37-24-26-40-48(52(37)58-51(36)43)38-22-19-30-17-18-31-20-25-39(47(38)46(30)31)53(40)41-13-7-27-54-49(41)50-42(53)14-8-28-55-50/h1-29H. The highest BCUT2D eigenvalue weighted by Crippen LogP contribution is 2.63. The van der Waals surface area contributed by atoms with Crippen LogP contribution in [-0.2, 0) is 5.41 Å². The summed E-state index contributed by atoms with van der Waals surface area (Å²) in [7, 11) is 0. The predicted molar refractivity (Wildman–Crippen MR) is 240 cm³/mol. The molecule has 3 aliphatic rings. The number of anilines is 3. The summed E-state index contributed by atoms with van der Waals surface area (Å²) in [6, 6.07) is 55.3. The van der Waals surface area contributed by atoms with Gasteiger partial charge in [-0.3, -0.25) is 9.97 Å². The maximum atomic E-state index is 6.45. The molecule has 0 bridgehead atoms. The summed E-state index contributed by atoms with van der Waals surface area (Å²) in [6.45, 7) is 0. The average molecular weight is 756 g/mol. The average Bonchev–Trinajstić information content (AvgIpc) is 4.05. The Balaban J connectivity index is 1.09. The molecule has 3 aliphatic carbocycles. The summed E-state index contributed by atoms with van der Waals surface area (Å²) in [5.41, 5.74) is 16.5. The lowest BCUT2D eigenvalue weighted by Crippen LogP contribution is -2.32. The van der Waals surface area contributed by atoms with Gasteiger partial charge in [0.1, 0.15) is 11.2 Å². The van der Waals surface area contributed by atoms with Gasteiger partial charge in [0.25, 0.3) is 0 Å². The molecule has 0 N–H and O–H groups in total. The lowest BCUT2D eigenvalue weighted by atomic mass is 9.61. The number of hydrogen-bond donors (Lipinski definition) is 0. The van der Waals surface area contributed by atoms with E-state index in [1.165, 1.54) is 75.5 Å². The number of nitrogens with zero attached hydrogens (tertiary/aromatic N) is 3. The van der Waals surface area contributed by atoms with Crippen molar-refractivity contribution < 1.29 is 4.42 Å². The molecule has 1 spiro atoms. The van der Waals surface area contributed by atoms with E-state index in [1.54, 1.807) is 0 Å². The fraction of sp³-hybridized carbons (Fsp3) is 0.0189. The molecule has 11 aromatic rings. The van der Waals surface area contributed by atoms with Gasteiger partial charge in [0.2, 0.25) is 0 Å². The third-order valence-corrected chi connectivity index (χ3v) is 14.2. The molecule has 14 rings (SSSR count). The molecule has 4 heterocycles. The van der Waals surface area contributed by atoms with Gasteiger partial charge < -0.3 is 9.32 Å². The van der Waals surface area contributed by atoms with Gasteiger partial charge in [-0.1, -0.05) is 109 Å². The highest BCUT2D eigenvalue weighted by atomic mass is 32.1. The molecule has 4 nitrogen and oxygen atoms in total. The van der Waals surface area contributed by atoms with Crippen LogP contribution in [0.1, 0.15) is 33.4 Å². The summed E-state index contributed by atoms with van der Waals surface area (Å²) in [6.07, 6.45) is 8.36. The van der Waals surface area contributed by atoms with Gasteiger partial charge in [0, 0.05) is 61.6 Å². The lowest BCUT2D eigenvalue weighted by molar-refractivity contribution is 0.669. The minimum atomic E-state index is -0.583. The topological polar surface area (TPSA) is 42.2 Å². The van der Waals surface area contributed by atoms with Crippen LogP contribution >= 0.6 is 11.3 Å². The van der Waals surface area contributed by atoms with E-state index in [2.05, 4.69) is 157 Å². The van der Waals surface area contributed by atoms with Gasteiger partial charge in [-0.2, -0.15) is 0 Å². The highest BCUT2D eigenvalue weighted by Gasteiger charge is 2.52. The zero-order valence-electron chi connectivity index (χ0n) is 30.9. The van der Waals surface area contributed by atoms with Crippen molar-refractivity contribution >= 4 is 93.4 Å². The first-order valence-electron chi connectivity index (χ1n) is 19.7. The van der Waals surface area contributed by atoms with Crippen molar-refractivity contribution in [3.63, 3.8) is 0 Å². The molecule has 0 unspecified atom stereocenters. The van der Waals surface area contributed by atoms with Crippen molar-refractivity contribution in [1.82, 2.24) is 9.97 Å². The van der Waals surface area contributed by atoms with E-state index in [9.17, 15) is 0 Å². The molecule has 4 aromatic heterocycles. The number of pyridine rings is 2. The minimum Gasteiger partial charge on any atom is -0.456 e. The summed E-state index contributed by atoms with van der Waals surface area (Å²) >= 11 is 1.90. The van der Waals surface area contributed by atoms with Crippen LogP contribution in [0.25, 0.3) is 87.6 Å². The number of para-hydroxylation sites is 2. The van der Waals surface area contributed by atoms with Crippen LogP contribution in [0.2, 0.25) is 0 Å². The minimum absolute atomic E-state index is 0.583. The largest absolute Gasteiger partial charge is 0.456 e. The number of furan rings is 1. The van der Waals surface area contributed by atoms with Crippen molar-refractivity contribution in [2.75, 3.05) is 4.90 Å². The van der Waals surface area contributed by atoms with Crippen LogP contribution in [0, 0.1) is 0 Å². The van der Waals surface area contributed by atoms with Crippen LogP contribution < -0.4 is 4.90 Å². The predicted octanol–water partition coefficient (Wildman–Crippen LogP) is 14.2. The van der Waals surface area contributed by atoms with E-state index in [0.29, 0.717) is 0 Å². The number of fused-ring (bicyclic) bond motifs is 16. The second-order valence-corrected chi connectivity index (χ2v) is 16.6. The van der Waals surface area contributed by atoms with Gasteiger partial charge in [-0.15, -0.1) is 11.3 Å². The Labute approximate surface area is 336 Å². The third kappa shape index (κ3) is 3.71. The molecule has 0 radical (unpaired) electrons. The van der Waals surface area contributed by atoms with E-state index in [4.69, 9.17) is 14.4 Å². The summed E-state index contributed by atoms with van der Waals surface area (Å²) in [5.74, 6) is 0. The van der Waals surface area contributed by atoms with Crippen molar-refractivity contribution in [1.29, 1.82) is 0 Å². The summed E-state index contributed by atoms with van der Waals surface area (Å²) < 4.78 is 8.98. The fourth-order valence-corrected chi connectivity index (χ4v) is 12.0. The SMILES string of the molecule is C1=Cc2ccc3c4c(ccc1c24)-c1c(ccc2c1sc1c(N(c4ccccc4)c4ccc5c(c4)oc4ccccc45)cccc12)C31c2cccnc2-c2ncccc21. The zero-order valence-corrected chi connectivity index (χ0v) is 31.7. The smallest absolute Gasteiger partial charge is 0.137 e. The molecule has 58 heavy (non-hydrogen) atoms.